The van der Waals surface area contributed by atoms with Crippen LogP contribution in [0.2, 0.25) is 0 Å². The normalized spacial score (nSPS) is 11.9. The number of hydrogen-bond donors (Lipinski definition) is 2. The van der Waals surface area contributed by atoms with Crippen molar-refractivity contribution in [2.75, 3.05) is 31.7 Å². The van der Waals surface area contributed by atoms with Crippen molar-refractivity contribution in [3.63, 3.8) is 0 Å². The Hall–Kier alpha value is -1.22. The Morgan fingerprint density at radius 1 is 1.31 bits per heavy atom. The minimum absolute atomic E-state index is 0.108. The Labute approximate surface area is 98.6 Å². The number of nitrogen functional groups attached to an aromatic ring is 1. The van der Waals surface area contributed by atoms with Gasteiger partial charge in [-0.1, -0.05) is 6.07 Å². The van der Waals surface area contributed by atoms with Crippen LogP contribution in [-0.4, -0.2) is 31.1 Å². The molecule has 0 spiro atoms. The van der Waals surface area contributed by atoms with Crippen molar-refractivity contribution in [1.29, 1.82) is 0 Å². The third-order valence-electron chi connectivity index (χ3n) is 3.13. The average Bonchev–Trinajstić information content (AvgIpc) is 2.16. The SMILES string of the molecule is Cc1ccc(NCC(C)(C)N(C)C)c(N)c1. The molecule has 3 heteroatoms. The van der Waals surface area contributed by atoms with Gasteiger partial charge in [0.05, 0.1) is 11.4 Å². The lowest BCUT2D eigenvalue weighted by Crippen LogP contribution is -2.44. The van der Waals surface area contributed by atoms with Gasteiger partial charge in [0.2, 0.25) is 0 Å². The molecule has 0 amide bonds. The van der Waals surface area contributed by atoms with Crippen LogP contribution in [0, 0.1) is 6.92 Å². The summed E-state index contributed by atoms with van der Waals surface area (Å²) >= 11 is 0. The monoisotopic (exact) mass is 221 g/mol. The van der Waals surface area contributed by atoms with Crippen molar-refractivity contribution in [3.8, 4) is 0 Å². The van der Waals surface area contributed by atoms with Crippen molar-refractivity contribution < 1.29 is 0 Å². The lowest BCUT2D eigenvalue weighted by atomic mass is 10.0. The van der Waals surface area contributed by atoms with E-state index in [0.29, 0.717) is 0 Å². The molecule has 1 rings (SSSR count). The summed E-state index contributed by atoms with van der Waals surface area (Å²) in [5.74, 6) is 0. The zero-order chi connectivity index (χ0) is 12.3. The van der Waals surface area contributed by atoms with Crippen molar-refractivity contribution in [2.24, 2.45) is 0 Å². The molecule has 0 saturated heterocycles. The minimum Gasteiger partial charge on any atom is -0.397 e. The summed E-state index contributed by atoms with van der Waals surface area (Å²) in [5, 5.41) is 3.40. The molecular weight excluding hydrogens is 198 g/mol. The van der Waals surface area contributed by atoms with Gasteiger partial charge in [-0.2, -0.15) is 0 Å². The molecule has 16 heavy (non-hydrogen) atoms. The molecule has 0 bridgehead atoms. The lowest BCUT2D eigenvalue weighted by Gasteiger charge is -2.33. The molecule has 1 aromatic carbocycles. The van der Waals surface area contributed by atoms with Crippen molar-refractivity contribution in [3.05, 3.63) is 23.8 Å². The van der Waals surface area contributed by atoms with E-state index in [9.17, 15) is 0 Å². The van der Waals surface area contributed by atoms with Crippen LogP contribution in [0.25, 0.3) is 0 Å². The van der Waals surface area contributed by atoms with E-state index in [1.165, 1.54) is 5.56 Å². The highest BCUT2D eigenvalue weighted by Gasteiger charge is 2.19. The quantitative estimate of drug-likeness (QED) is 0.767. The van der Waals surface area contributed by atoms with Gasteiger partial charge in [-0.05, 0) is 52.6 Å². The first-order valence-corrected chi connectivity index (χ1v) is 5.60. The van der Waals surface area contributed by atoms with E-state index in [0.717, 1.165) is 17.9 Å². The van der Waals surface area contributed by atoms with E-state index in [2.05, 4.69) is 44.2 Å². The average molecular weight is 221 g/mol. The maximum atomic E-state index is 5.95. The van der Waals surface area contributed by atoms with Crippen molar-refractivity contribution >= 4 is 11.4 Å². The predicted octanol–water partition coefficient (Wildman–Crippen LogP) is 2.33. The zero-order valence-electron chi connectivity index (χ0n) is 11.0. The second-order valence-corrected chi connectivity index (χ2v) is 5.15. The van der Waals surface area contributed by atoms with Crippen molar-refractivity contribution in [1.82, 2.24) is 4.90 Å². The molecular formula is C13H23N3. The van der Waals surface area contributed by atoms with Crippen LogP contribution < -0.4 is 11.1 Å². The van der Waals surface area contributed by atoms with Gasteiger partial charge in [0, 0.05) is 12.1 Å². The molecule has 1 aromatic rings. The van der Waals surface area contributed by atoms with Gasteiger partial charge in [0.15, 0.2) is 0 Å². The van der Waals surface area contributed by atoms with E-state index in [4.69, 9.17) is 5.73 Å². The van der Waals surface area contributed by atoms with Crippen LogP contribution in [0.15, 0.2) is 18.2 Å². The maximum absolute atomic E-state index is 5.95. The summed E-state index contributed by atoms with van der Waals surface area (Å²) in [6.07, 6.45) is 0. The van der Waals surface area contributed by atoms with Crippen LogP contribution in [-0.2, 0) is 0 Å². The minimum atomic E-state index is 0.108. The van der Waals surface area contributed by atoms with E-state index in [-0.39, 0.29) is 5.54 Å². The van der Waals surface area contributed by atoms with Gasteiger partial charge in [-0.3, -0.25) is 0 Å². The number of nitrogens with zero attached hydrogens (tertiary/aromatic N) is 1. The molecule has 3 nitrogen and oxygen atoms in total. The summed E-state index contributed by atoms with van der Waals surface area (Å²) in [7, 11) is 4.17. The van der Waals surface area contributed by atoms with E-state index in [1.807, 2.05) is 19.1 Å². The topological polar surface area (TPSA) is 41.3 Å². The highest BCUT2D eigenvalue weighted by atomic mass is 15.2. The predicted molar refractivity (Wildman–Crippen MR) is 71.8 cm³/mol. The van der Waals surface area contributed by atoms with Crippen molar-refractivity contribution in [2.45, 2.75) is 26.3 Å². The molecule has 90 valence electrons. The summed E-state index contributed by atoms with van der Waals surface area (Å²) in [4.78, 5) is 2.20. The number of hydrogen-bond acceptors (Lipinski definition) is 3. The van der Waals surface area contributed by atoms with Gasteiger partial charge in [0.25, 0.3) is 0 Å². The molecule has 0 aliphatic rings. The Bertz CT molecular complexity index is 356. The fourth-order valence-corrected chi connectivity index (χ4v) is 1.31. The second-order valence-electron chi connectivity index (χ2n) is 5.15. The summed E-state index contributed by atoms with van der Waals surface area (Å²) in [6, 6.07) is 6.10. The third kappa shape index (κ3) is 3.14. The summed E-state index contributed by atoms with van der Waals surface area (Å²) in [5.41, 5.74) is 9.08. The zero-order valence-corrected chi connectivity index (χ0v) is 11.0. The third-order valence-corrected chi connectivity index (χ3v) is 3.13. The highest BCUT2D eigenvalue weighted by molar-refractivity contribution is 5.66. The van der Waals surface area contributed by atoms with Gasteiger partial charge < -0.3 is 16.0 Å². The van der Waals surface area contributed by atoms with E-state index >= 15 is 0 Å². The Morgan fingerprint density at radius 3 is 2.44 bits per heavy atom. The molecule has 0 aliphatic heterocycles. The standard InChI is InChI=1S/C13H23N3/c1-10-6-7-12(11(14)8-10)15-9-13(2,3)16(4)5/h6-8,15H,9,14H2,1-5H3. The van der Waals surface area contributed by atoms with Crippen LogP contribution >= 0.6 is 0 Å². The molecule has 0 atom stereocenters. The number of anilines is 2. The maximum Gasteiger partial charge on any atom is 0.0574 e. The molecule has 0 aromatic heterocycles. The number of nitrogens with two attached hydrogens (primary N) is 1. The number of benzene rings is 1. The molecule has 0 heterocycles. The Kier molecular flexibility index (Phi) is 3.81. The van der Waals surface area contributed by atoms with E-state index < -0.39 is 0 Å². The molecule has 0 fully saturated rings. The van der Waals surface area contributed by atoms with Crippen LogP contribution in [0.4, 0.5) is 11.4 Å². The van der Waals surface area contributed by atoms with E-state index in [1.54, 1.807) is 0 Å². The molecule has 0 radical (unpaired) electrons. The Balaban J connectivity index is 2.68. The summed E-state index contributed by atoms with van der Waals surface area (Å²) < 4.78 is 0. The Morgan fingerprint density at radius 2 is 1.94 bits per heavy atom. The van der Waals surface area contributed by atoms with Gasteiger partial charge in [-0.15, -0.1) is 0 Å². The van der Waals surface area contributed by atoms with Gasteiger partial charge in [0.1, 0.15) is 0 Å². The number of likely N-dealkylation sites (N-methyl/N-ethyl adjacent to an activating group) is 1. The smallest absolute Gasteiger partial charge is 0.0574 e. The lowest BCUT2D eigenvalue weighted by molar-refractivity contribution is 0.210. The van der Waals surface area contributed by atoms with Crippen LogP contribution in [0.3, 0.4) is 0 Å². The second kappa shape index (κ2) is 4.74. The highest BCUT2D eigenvalue weighted by Crippen LogP contribution is 2.21. The van der Waals surface area contributed by atoms with Crippen LogP contribution in [0.1, 0.15) is 19.4 Å². The first-order chi connectivity index (χ1) is 7.33. The number of rotatable bonds is 4. The van der Waals surface area contributed by atoms with Gasteiger partial charge in [-0.25, -0.2) is 0 Å². The summed E-state index contributed by atoms with van der Waals surface area (Å²) in [6.45, 7) is 7.31. The molecule has 0 saturated carbocycles. The molecule has 3 N–H and O–H groups in total. The van der Waals surface area contributed by atoms with Gasteiger partial charge >= 0.3 is 0 Å². The molecule has 0 unspecified atom stereocenters. The van der Waals surface area contributed by atoms with Crippen LogP contribution in [0.5, 0.6) is 0 Å². The number of aryl methyl sites for hydroxylation is 1. The number of nitrogens with one attached hydrogen (secondary N) is 1. The molecule has 0 aliphatic carbocycles. The fraction of sp³-hybridized carbons (Fsp3) is 0.538. The largest absolute Gasteiger partial charge is 0.397 e. The fourth-order valence-electron chi connectivity index (χ4n) is 1.31. The first kappa shape index (κ1) is 12.8. The first-order valence-electron chi connectivity index (χ1n) is 5.60.